The molecule has 0 aliphatic carbocycles. The van der Waals surface area contributed by atoms with E-state index in [1.165, 1.54) is 0 Å². The van der Waals surface area contributed by atoms with Crippen LogP contribution in [0.15, 0.2) is 24.4 Å². The second kappa shape index (κ2) is 4.80. The van der Waals surface area contributed by atoms with Gasteiger partial charge < -0.3 is 10.0 Å². The molecule has 2 heterocycles. The lowest BCUT2D eigenvalue weighted by Crippen LogP contribution is -2.39. The van der Waals surface area contributed by atoms with Crippen LogP contribution in [0.1, 0.15) is 32.3 Å². The first-order valence-corrected chi connectivity index (χ1v) is 6.14. The highest BCUT2D eigenvalue weighted by atomic mass is 16.4. The molecular weight excluding hydrogens is 228 g/mol. The van der Waals surface area contributed by atoms with Crippen molar-refractivity contribution in [1.29, 1.82) is 0 Å². The summed E-state index contributed by atoms with van der Waals surface area (Å²) < 4.78 is 0. The Labute approximate surface area is 107 Å². The summed E-state index contributed by atoms with van der Waals surface area (Å²) in [6, 6.07) is 3.73. The average Bonchev–Trinajstić information content (AvgIpc) is 2.66. The molecule has 1 aromatic heterocycles. The number of carboxylic acids is 1. The number of nitrogens with zero attached hydrogens (tertiary/aromatic N) is 2. The fourth-order valence-electron chi connectivity index (χ4n) is 2.43. The molecule has 4 heteroatoms. The lowest BCUT2D eigenvalue weighted by Gasteiger charge is -2.33. The Morgan fingerprint density at radius 1 is 1.56 bits per heavy atom. The standard InChI is InChI=1S/C14H18N2O2/c1-14(2)8-4-10-16(14)13-11(5-3-9-15-13)6-7-12(17)18/h3,5-7,9H,4,8,10H2,1-2H3,(H,17,18)/b7-6+. The summed E-state index contributed by atoms with van der Waals surface area (Å²) in [5.41, 5.74) is 0.940. The van der Waals surface area contributed by atoms with Crippen LogP contribution in [0, 0.1) is 0 Å². The minimum atomic E-state index is -0.939. The maximum atomic E-state index is 10.6. The van der Waals surface area contributed by atoms with Gasteiger partial charge in [-0.2, -0.15) is 0 Å². The van der Waals surface area contributed by atoms with Crippen molar-refractivity contribution >= 4 is 17.9 Å². The Kier molecular flexibility index (Phi) is 3.36. The van der Waals surface area contributed by atoms with Gasteiger partial charge in [-0.25, -0.2) is 9.78 Å². The summed E-state index contributed by atoms with van der Waals surface area (Å²) in [5.74, 6) is -0.0667. The first-order valence-electron chi connectivity index (χ1n) is 6.14. The predicted molar refractivity (Wildman–Crippen MR) is 71.6 cm³/mol. The van der Waals surface area contributed by atoms with E-state index >= 15 is 0 Å². The zero-order valence-electron chi connectivity index (χ0n) is 10.8. The van der Waals surface area contributed by atoms with Crippen molar-refractivity contribution in [2.24, 2.45) is 0 Å². The summed E-state index contributed by atoms with van der Waals surface area (Å²) >= 11 is 0. The molecule has 1 aliphatic rings. The Balaban J connectivity index is 2.36. The van der Waals surface area contributed by atoms with Gasteiger partial charge >= 0.3 is 5.97 Å². The van der Waals surface area contributed by atoms with E-state index in [0.29, 0.717) is 0 Å². The summed E-state index contributed by atoms with van der Waals surface area (Å²) in [6.45, 7) is 5.36. The van der Waals surface area contributed by atoms with E-state index < -0.39 is 5.97 Å². The van der Waals surface area contributed by atoms with Crippen molar-refractivity contribution in [1.82, 2.24) is 4.98 Å². The van der Waals surface area contributed by atoms with Gasteiger partial charge in [-0.3, -0.25) is 0 Å². The van der Waals surface area contributed by atoms with Crippen molar-refractivity contribution in [3.63, 3.8) is 0 Å². The highest BCUT2D eigenvalue weighted by molar-refractivity contribution is 5.86. The van der Waals surface area contributed by atoms with Crippen molar-refractivity contribution in [3.8, 4) is 0 Å². The first kappa shape index (κ1) is 12.6. The van der Waals surface area contributed by atoms with Gasteiger partial charge in [-0.15, -0.1) is 0 Å². The number of aliphatic carboxylic acids is 1. The average molecular weight is 246 g/mol. The normalized spacial score (nSPS) is 18.4. The van der Waals surface area contributed by atoms with E-state index in [9.17, 15) is 4.79 Å². The monoisotopic (exact) mass is 246 g/mol. The second-order valence-electron chi connectivity index (χ2n) is 5.16. The summed E-state index contributed by atoms with van der Waals surface area (Å²) in [7, 11) is 0. The molecule has 0 aromatic carbocycles. The van der Waals surface area contributed by atoms with Crippen molar-refractivity contribution < 1.29 is 9.90 Å². The molecule has 0 radical (unpaired) electrons. The van der Waals surface area contributed by atoms with Crippen molar-refractivity contribution in [3.05, 3.63) is 30.0 Å². The topological polar surface area (TPSA) is 53.4 Å². The Morgan fingerprint density at radius 2 is 2.33 bits per heavy atom. The third kappa shape index (κ3) is 2.53. The van der Waals surface area contributed by atoms with Crippen molar-refractivity contribution in [2.75, 3.05) is 11.4 Å². The first-order chi connectivity index (χ1) is 8.50. The van der Waals surface area contributed by atoms with Crippen LogP contribution in [-0.4, -0.2) is 28.1 Å². The van der Waals surface area contributed by atoms with E-state index in [4.69, 9.17) is 5.11 Å². The molecule has 0 saturated carbocycles. The van der Waals surface area contributed by atoms with Crippen molar-refractivity contribution in [2.45, 2.75) is 32.2 Å². The lowest BCUT2D eigenvalue weighted by molar-refractivity contribution is -0.131. The van der Waals surface area contributed by atoms with Crippen LogP contribution >= 0.6 is 0 Å². The van der Waals surface area contributed by atoms with Gasteiger partial charge in [0.2, 0.25) is 0 Å². The van der Waals surface area contributed by atoms with Crippen LogP contribution in [0.5, 0.6) is 0 Å². The van der Waals surface area contributed by atoms with E-state index in [2.05, 4.69) is 23.7 Å². The maximum absolute atomic E-state index is 10.6. The molecule has 18 heavy (non-hydrogen) atoms. The molecule has 0 unspecified atom stereocenters. The van der Waals surface area contributed by atoms with Gasteiger partial charge in [0.1, 0.15) is 5.82 Å². The predicted octanol–water partition coefficient (Wildman–Crippen LogP) is 2.56. The van der Waals surface area contributed by atoms with Crippen LogP contribution in [0.25, 0.3) is 6.08 Å². The molecule has 96 valence electrons. The Bertz CT molecular complexity index is 480. The number of aromatic nitrogens is 1. The molecule has 1 aliphatic heterocycles. The summed E-state index contributed by atoms with van der Waals surface area (Å²) in [4.78, 5) is 17.3. The quantitative estimate of drug-likeness (QED) is 0.833. The van der Waals surface area contributed by atoms with Gasteiger partial charge in [0.15, 0.2) is 0 Å². The van der Waals surface area contributed by atoms with Gasteiger partial charge in [0, 0.05) is 29.9 Å². The van der Waals surface area contributed by atoms with E-state index in [1.54, 1.807) is 12.3 Å². The minimum absolute atomic E-state index is 0.0835. The van der Waals surface area contributed by atoms with E-state index in [1.807, 2.05) is 12.1 Å². The molecule has 0 atom stereocenters. The van der Waals surface area contributed by atoms with Crippen LogP contribution in [0.2, 0.25) is 0 Å². The number of hydrogen-bond acceptors (Lipinski definition) is 3. The fraction of sp³-hybridized carbons (Fsp3) is 0.429. The lowest BCUT2D eigenvalue weighted by atomic mass is 10.0. The number of carboxylic acid groups (broad SMARTS) is 1. The minimum Gasteiger partial charge on any atom is -0.478 e. The third-order valence-corrected chi connectivity index (χ3v) is 3.38. The molecule has 1 aromatic rings. The molecule has 0 amide bonds. The highest BCUT2D eigenvalue weighted by Crippen LogP contribution is 2.34. The molecule has 0 spiro atoms. The number of hydrogen-bond donors (Lipinski definition) is 1. The second-order valence-corrected chi connectivity index (χ2v) is 5.16. The van der Waals surface area contributed by atoms with Gasteiger partial charge in [0.05, 0.1) is 0 Å². The molecule has 1 N–H and O–H groups in total. The van der Waals surface area contributed by atoms with Crippen LogP contribution in [0.3, 0.4) is 0 Å². The number of rotatable bonds is 3. The highest BCUT2D eigenvalue weighted by Gasteiger charge is 2.33. The number of carbonyl (C=O) groups is 1. The molecule has 1 saturated heterocycles. The summed E-state index contributed by atoms with van der Waals surface area (Å²) in [6.07, 6.45) is 6.79. The number of anilines is 1. The zero-order valence-corrected chi connectivity index (χ0v) is 10.8. The van der Waals surface area contributed by atoms with E-state index in [-0.39, 0.29) is 5.54 Å². The number of pyridine rings is 1. The SMILES string of the molecule is CC1(C)CCCN1c1ncccc1/C=C/C(=O)O. The Morgan fingerprint density at radius 3 is 2.94 bits per heavy atom. The van der Waals surface area contributed by atoms with E-state index in [0.717, 1.165) is 36.8 Å². The fourth-order valence-corrected chi connectivity index (χ4v) is 2.43. The zero-order chi connectivity index (χ0) is 13.2. The molecule has 1 fully saturated rings. The van der Waals surface area contributed by atoms with Crippen LogP contribution in [-0.2, 0) is 4.79 Å². The van der Waals surface area contributed by atoms with Gasteiger partial charge in [0.25, 0.3) is 0 Å². The van der Waals surface area contributed by atoms with Crippen LogP contribution in [0.4, 0.5) is 5.82 Å². The smallest absolute Gasteiger partial charge is 0.328 e. The molecule has 4 nitrogen and oxygen atoms in total. The molecular formula is C14H18N2O2. The Hall–Kier alpha value is -1.84. The molecule has 2 rings (SSSR count). The van der Waals surface area contributed by atoms with Crippen LogP contribution < -0.4 is 4.90 Å². The van der Waals surface area contributed by atoms with Gasteiger partial charge in [-0.1, -0.05) is 0 Å². The third-order valence-electron chi connectivity index (χ3n) is 3.38. The largest absolute Gasteiger partial charge is 0.478 e. The summed E-state index contributed by atoms with van der Waals surface area (Å²) in [5, 5.41) is 8.71. The maximum Gasteiger partial charge on any atom is 0.328 e. The van der Waals surface area contributed by atoms with Gasteiger partial charge in [-0.05, 0) is 44.9 Å². The molecule has 0 bridgehead atoms.